The van der Waals surface area contributed by atoms with Crippen molar-refractivity contribution in [3.8, 4) is 0 Å². The summed E-state index contributed by atoms with van der Waals surface area (Å²) in [6, 6.07) is 8.58. The van der Waals surface area contributed by atoms with Gasteiger partial charge in [-0.1, -0.05) is 12.1 Å². The molecule has 0 radical (unpaired) electrons. The van der Waals surface area contributed by atoms with E-state index in [1.165, 1.54) is 24.3 Å². The van der Waals surface area contributed by atoms with Crippen LogP contribution >= 0.6 is 0 Å². The van der Waals surface area contributed by atoms with Crippen LogP contribution in [0.3, 0.4) is 0 Å². The molecular weight excluding hydrogens is 455 g/mol. The molecule has 0 fully saturated rings. The largest absolute Gasteiger partial charge is 0.488 e. The van der Waals surface area contributed by atoms with E-state index >= 15 is 0 Å². The van der Waals surface area contributed by atoms with Gasteiger partial charge in [0.1, 0.15) is 5.82 Å². The Morgan fingerprint density at radius 2 is 1.47 bits per heavy atom. The Hall–Kier alpha value is -3.42. The van der Waals surface area contributed by atoms with Gasteiger partial charge in [-0.05, 0) is 35.8 Å². The Balaban J connectivity index is 1.96. The highest BCUT2D eigenvalue weighted by Crippen LogP contribution is 2.29. The molecule has 0 atom stereocenters. The number of nitrogens with one attached hydrogen (secondary N) is 1. The van der Waals surface area contributed by atoms with E-state index in [9.17, 15) is 30.8 Å². The van der Waals surface area contributed by atoms with Crippen LogP contribution in [0.25, 0.3) is 0 Å². The second-order valence-corrected chi connectivity index (χ2v) is 7.26. The standard InChI is InChI=1S/C19H13BF4N2O5S/c21-14-6-1-10(19(27)25-12-8-15(22)18(24)16(23)9-12)7-17(14)26(32(30)31)13-4-2-11(3-5-13)20(28)29/h1-9,28-29,32H,(H,25,27). The lowest BCUT2D eigenvalue weighted by Crippen LogP contribution is -2.29. The first-order valence-corrected chi connectivity index (χ1v) is 9.87. The molecule has 0 saturated carbocycles. The van der Waals surface area contributed by atoms with Crippen LogP contribution in [0.5, 0.6) is 0 Å². The minimum atomic E-state index is -3.45. The smallest absolute Gasteiger partial charge is 0.423 e. The zero-order chi connectivity index (χ0) is 23.6. The molecule has 0 unspecified atom stereocenters. The molecule has 0 spiro atoms. The average molecular weight is 468 g/mol. The number of thiol groups is 1. The van der Waals surface area contributed by atoms with Gasteiger partial charge in [0.15, 0.2) is 17.5 Å². The average Bonchev–Trinajstić information content (AvgIpc) is 2.73. The van der Waals surface area contributed by atoms with Gasteiger partial charge in [-0.15, -0.1) is 0 Å². The second-order valence-electron chi connectivity index (χ2n) is 6.39. The molecule has 13 heteroatoms. The predicted molar refractivity (Wildman–Crippen MR) is 109 cm³/mol. The maximum Gasteiger partial charge on any atom is 0.488 e. The summed E-state index contributed by atoms with van der Waals surface area (Å²) in [5.74, 6) is -6.78. The van der Waals surface area contributed by atoms with Gasteiger partial charge in [0.25, 0.3) is 5.91 Å². The predicted octanol–water partition coefficient (Wildman–Crippen LogP) is 1.84. The zero-order valence-electron chi connectivity index (χ0n) is 15.8. The fraction of sp³-hybridized carbons (Fsp3) is 0. The number of hydrogen-bond acceptors (Lipinski definition) is 5. The van der Waals surface area contributed by atoms with Crippen LogP contribution in [0.2, 0.25) is 0 Å². The van der Waals surface area contributed by atoms with E-state index < -0.39 is 58.6 Å². The summed E-state index contributed by atoms with van der Waals surface area (Å²) in [6.07, 6.45) is 0. The zero-order valence-corrected chi connectivity index (χ0v) is 16.7. The third-order valence-electron chi connectivity index (χ3n) is 4.28. The molecule has 0 aromatic heterocycles. The third kappa shape index (κ3) is 4.90. The molecule has 0 aliphatic heterocycles. The van der Waals surface area contributed by atoms with Gasteiger partial charge in [-0.2, -0.15) is 0 Å². The number of rotatable bonds is 6. The van der Waals surface area contributed by atoms with E-state index in [4.69, 9.17) is 10.0 Å². The third-order valence-corrected chi connectivity index (χ3v) is 5.05. The van der Waals surface area contributed by atoms with Crippen LogP contribution in [-0.2, 0) is 10.9 Å². The van der Waals surface area contributed by atoms with Crippen LogP contribution in [0.1, 0.15) is 10.4 Å². The summed E-state index contributed by atoms with van der Waals surface area (Å²) in [4.78, 5) is 12.4. The van der Waals surface area contributed by atoms with Gasteiger partial charge in [0, 0.05) is 23.4 Å². The highest BCUT2D eigenvalue weighted by Gasteiger charge is 2.20. The summed E-state index contributed by atoms with van der Waals surface area (Å²) in [6.45, 7) is 0. The van der Waals surface area contributed by atoms with Crippen LogP contribution in [0, 0.1) is 23.3 Å². The van der Waals surface area contributed by atoms with E-state index in [-0.39, 0.29) is 16.7 Å². The Morgan fingerprint density at radius 3 is 2.00 bits per heavy atom. The first-order chi connectivity index (χ1) is 15.1. The van der Waals surface area contributed by atoms with Crippen molar-refractivity contribution < 1.29 is 40.8 Å². The number of anilines is 3. The van der Waals surface area contributed by atoms with Crippen molar-refractivity contribution in [1.82, 2.24) is 0 Å². The van der Waals surface area contributed by atoms with Gasteiger partial charge in [-0.3, -0.25) is 4.79 Å². The van der Waals surface area contributed by atoms with E-state index in [1.54, 1.807) is 0 Å². The summed E-state index contributed by atoms with van der Waals surface area (Å²) >= 11 is 0. The topological polar surface area (TPSA) is 107 Å². The Morgan fingerprint density at radius 1 is 0.875 bits per heavy atom. The maximum atomic E-state index is 14.5. The lowest BCUT2D eigenvalue weighted by molar-refractivity contribution is 0.102. The van der Waals surface area contributed by atoms with Crippen molar-refractivity contribution in [3.05, 3.63) is 83.4 Å². The van der Waals surface area contributed by atoms with Crippen LogP contribution in [-0.4, -0.2) is 31.5 Å². The fourth-order valence-corrected chi connectivity index (χ4v) is 3.41. The van der Waals surface area contributed by atoms with Gasteiger partial charge in [0.05, 0.1) is 11.4 Å². The Bertz CT molecular complexity index is 1220. The van der Waals surface area contributed by atoms with Crippen LogP contribution < -0.4 is 15.1 Å². The van der Waals surface area contributed by atoms with E-state index in [1.807, 2.05) is 0 Å². The number of halogens is 4. The van der Waals surface area contributed by atoms with Crippen molar-refractivity contribution in [3.63, 3.8) is 0 Å². The molecule has 32 heavy (non-hydrogen) atoms. The number of carbonyl (C=O) groups excluding carboxylic acids is 1. The quantitative estimate of drug-likeness (QED) is 0.191. The molecule has 3 rings (SSSR count). The molecule has 0 bridgehead atoms. The Labute approximate surface area is 180 Å². The number of nitrogens with zero attached hydrogens (tertiary/aromatic N) is 1. The lowest BCUT2D eigenvalue weighted by Gasteiger charge is -2.19. The minimum absolute atomic E-state index is 0.0576. The summed E-state index contributed by atoms with van der Waals surface area (Å²) in [5, 5.41) is 20.4. The normalized spacial score (nSPS) is 10.8. The number of carbonyl (C=O) groups is 1. The van der Waals surface area contributed by atoms with Crippen LogP contribution in [0.4, 0.5) is 34.6 Å². The molecule has 0 aliphatic rings. The van der Waals surface area contributed by atoms with Crippen molar-refractivity contribution >= 4 is 46.4 Å². The molecule has 7 nitrogen and oxygen atoms in total. The van der Waals surface area contributed by atoms with Crippen molar-refractivity contribution in [2.45, 2.75) is 0 Å². The number of amides is 1. The minimum Gasteiger partial charge on any atom is -0.423 e. The monoisotopic (exact) mass is 468 g/mol. The first kappa shape index (κ1) is 23.3. The highest BCUT2D eigenvalue weighted by atomic mass is 32.2. The maximum absolute atomic E-state index is 14.5. The van der Waals surface area contributed by atoms with E-state index in [0.717, 1.165) is 18.2 Å². The summed E-state index contributed by atoms with van der Waals surface area (Å²) in [7, 11) is -5.26. The molecule has 3 aromatic rings. The number of benzene rings is 3. The SMILES string of the molecule is O=C(Nc1cc(F)c(F)c(F)c1)c1ccc(F)c(N(c2ccc(B(O)O)cc2)[SH](=O)=O)c1. The van der Waals surface area contributed by atoms with Gasteiger partial charge in [-0.25, -0.2) is 30.3 Å². The van der Waals surface area contributed by atoms with Crippen molar-refractivity contribution in [1.29, 1.82) is 0 Å². The first-order valence-electron chi connectivity index (χ1n) is 8.74. The molecular formula is C19H13BF4N2O5S. The van der Waals surface area contributed by atoms with Gasteiger partial charge in [0.2, 0.25) is 10.9 Å². The molecule has 166 valence electrons. The molecule has 3 N–H and O–H groups in total. The second kappa shape index (κ2) is 9.38. The summed E-state index contributed by atoms with van der Waals surface area (Å²) < 4.78 is 78.4. The lowest BCUT2D eigenvalue weighted by atomic mass is 9.80. The van der Waals surface area contributed by atoms with Crippen molar-refractivity contribution in [2.75, 3.05) is 9.62 Å². The molecule has 1 amide bonds. The fourth-order valence-electron chi connectivity index (χ4n) is 2.76. The van der Waals surface area contributed by atoms with Crippen molar-refractivity contribution in [2.24, 2.45) is 0 Å². The molecule has 0 saturated heterocycles. The summed E-state index contributed by atoms with van der Waals surface area (Å²) in [5.41, 5.74) is -1.23. The number of hydrogen-bond donors (Lipinski definition) is 4. The molecule has 3 aromatic carbocycles. The molecule has 0 heterocycles. The van der Waals surface area contributed by atoms with E-state index in [0.29, 0.717) is 16.4 Å². The van der Waals surface area contributed by atoms with E-state index in [2.05, 4.69) is 5.32 Å². The Kier molecular flexibility index (Phi) is 6.82. The van der Waals surface area contributed by atoms with Crippen LogP contribution in [0.15, 0.2) is 54.6 Å². The van der Waals surface area contributed by atoms with Gasteiger partial charge < -0.3 is 15.4 Å². The van der Waals surface area contributed by atoms with Gasteiger partial charge >= 0.3 is 7.12 Å². The molecule has 0 aliphatic carbocycles. The highest BCUT2D eigenvalue weighted by molar-refractivity contribution is 7.74.